The average Bonchev–Trinajstić information content (AvgIpc) is 2.39. The third-order valence-electron chi connectivity index (χ3n) is 3.76. The standard InChI is InChI=1S/C12H22N2O3S2/c1-19(16,17)12-9-18-6-5-14(12)11(15)7-10-3-2-4-13-8-10/h10,12-13H,2-9H2,1H3. The Kier molecular flexibility index (Phi) is 5.14. The molecule has 2 heterocycles. The zero-order valence-electron chi connectivity index (χ0n) is 11.3. The first-order chi connectivity index (χ1) is 8.98. The highest BCUT2D eigenvalue weighted by Crippen LogP contribution is 2.23. The molecule has 0 spiro atoms. The van der Waals surface area contributed by atoms with Crippen LogP contribution in [0, 0.1) is 5.92 Å². The predicted molar refractivity (Wildman–Crippen MR) is 77.9 cm³/mol. The van der Waals surface area contributed by atoms with Crippen molar-refractivity contribution in [3.05, 3.63) is 0 Å². The number of nitrogens with zero attached hydrogens (tertiary/aromatic N) is 1. The van der Waals surface area contributed by atoms with Gasteiger partial charge in [0.05, 0.1) is 0 Å². The van der Waals surface area contributed by atoms with Gasteiger partial charge >= 0.3 is 0 Å². The van der Waals surface area contributed by atoms with Crippen molar-refractivity contribution in [2.75, 3.05) is 37.4 Å². The van der Waals surface area contributed by atoms with Crippen LogP contribution in [0.4, 0.5) is 0 Å². The third kappa shape index (κ3) is 4.10. The highest BCUT2D eigenvalue weighted by molar-refractivity contribution is 8.00. The molecule has 0 aromatic rings. The average molecular weight is 306 g/mol. The molecule has 0 aliphatic carbocycles. The molecule has 0 saturated carbocycles. The molecule has 19 heavy (non-hydrogen) atoms. The van der Waals surface area contributed by atoms with Gasteiger partial charge in [0.2, 0.25) is 5.91 Å². The maximum absolute atomic E-state index is 12.3. The number of hydrogen-bond donors (Lipinski definition) is 1. The number of sulfone groups is 1. The molecule has 5 nitrogen and oxygen atoms in total. The van der Waals surface area contributed by atoms with Crippen LogP contribution in [0.15, 0.2) is 0 Å². The van der Waals surface area contributed by atoms with E-state index in [9.17, 15) is 13.2 Å². The van der Waals surface area contributed by atoms with Gasteiger partial charge in [0.1, 0.15) is 5.37 Å². The first-order valence-corrected chi connectivity index (χ1v) is 9.86. The number of carbonyl (C=O) groups is 1. The van der Waals surface area contributed by atoms with Gasteiger partial charge in [0.15, 0.2) is 9.84 Å². The summed E-state index contributed by atoms with van der Waals surface area (Å²) in [6.07, 6.45) is 3.86. The van der Waals surface area contributed by atoms with Crippen molar-refractivity contribution in [1.82, 2.24) is 10.2 Å². The number of rotatable bonds is 3. The van der Waals surface area contributed by atoms with Crippen LogP contribution in [-0.2, 0) is 14.6 Å². The van der Waals surface area contributed by atoms with Crippen LogP contribution in [0.3, 0.4) is 0 Å². The lowest BCUT2D eigenvalue weighted by atomic mass is 9.95. The van der Waals surface area contributed by atoms with E-state index in [1.54, 1.807) is 16.7 Å². The summed E-state index contributed by atoms with van der Waals surface area (Å²) in [5, 5.41) is 2.66. The lowest BCUT2D eigenvalue weighted by molar-refractivity contribution is -0.132. The van der Waals surface area contributed by atoms with Gasteiger partial charge in [-0.15, -0.1) is 0 Å². The van der Waals surface area contributed by atoms with Gasteiger partial charge in [-0.2, -0.15) is 11.8 Å². The first kappa shape index (κ1) is 15.1. The van der Waals surface area contributed by atoms with Crippen LogP contribution in [-0.4, -0.2) is 62.0 Å². The van der Waals surface area contributed by atoms with E-state index in [4.69, 9.17) is 0 Å². The molecule has 2 rings (SSSR count). The maximum Gasteiger partial charge on any atom is 0.224 e. The van der Waals surface area contributed by atoms with E-state index < -0.39 is 15.2 Å². The molecule has 7 heteroatoms. The van der Waals surface area contributed by atoms with Gasteiger partial charge < -0.3 is 10.2 Å². The smallest absolute Gasteiger partial charge is 0.224 e. The Morgan fingerprint density at radius 1 is 1.47 bits per heavy atom. The highest BCUT2D eigenvalue weighted by Gasteiger charge is 2.34. The Balaban J connectivity index is 1.99. The lowest BCUT2D eigenvalue weighted by Crippen LogP contribution is -2.50. The topological polar surface area (TPSA) is 66.5 Å². The molecule has 2 saturated heterocycles. The van der Waals surface area contributed by atoms with Gasteiger partial charge in [-0.3, -0.25) is 4.79 Å². The van der Waals surface area contributed by atoms with Crippen molar-refractivity contribution in [1.29, 1.82) is 0 Å². The molecule has 2 atom stereocenters. The van der Waals surface area contributed by atoms with Crippen LogP contribution < -0.4 is 5.32 Å². The number of hydrogen-bond acceptors (Lipinski definition) is 5. The fourth-order valence-electron chi connectivity index (χ4n) is 2.68. The fourth-order valence-corrected chi connectivity index (χ4v) is 5.52. The molecule has 0 radical (unpaired) electrons. The molecular formula is C12H22N2O3S2. The summed E-state index contributed by atoms with van der Waals surface area (Å²) in [6, 6.07) is 0. The van der Waals surface area contributed by atoms with Crippen molar-refractivity contribution in [3.8, 4) is 0 Å². The van der Waals surface area contributed by atoms with Crippen molar-refractivity contribution in [2.45, 2.75) is 24.6 Å². The van der Waals surface area contributed by atoms with Crippen LogP contribution in [0.1, 0.15) is 19.3 Å². The van der Waals surface area contributed by atoms with E-state index in [1.165, 1.54) is 6.26 Å². The number of thioether (sulfide) groups is 1. The SMILES string of the molecule is CS(=O)(=O)C1CSCCN1C(=O)CC1CCCNC1. The van der Waals surface area contributed by atoms with Crippen LogP contribution in [0.5, 0.6) is 0 Å². The monoisotopic (exact) mass is 306 g/mol. The quantitative estimate of drug-likeness (QED) is 0.813. The fraction of sp³-hybridized carbons (Fsp3) is 0.917. The van der Waals surface area contributed by atoms with Gasteiger partial charge in [-0.25, -0.2) is 8.42 Å². The molecular weight excluding hydrogens is 284 g/mol. The summed E-state index contributed by atoms with van der Waals surface area (Å²) in [7, 11) is -3.19. The minimum atomic E-state index is -3.19. The highest BCUT2D eigenvalue weighted by atomic mass is 32.2. The Morgan fingerprint density at radius 3 is 2.89 bits per heavy atom. The summed E-state index contributed by atoms with van der Waals surface area (Å²) < 4.78 is 23.5. The van der Waals surface area contributed by atoms with Crippen molar-refractivity contribution >= 4 is 27.5 Å². The zero-order chi connectivity index (χ0) is 13.9. The summed E-state index contributed by atoms with van der Waals surface area (Å²) >= 11 is 1.61. The summed E-state index contributed by atoms with van der Waals surface area (Å²) in [5.41, 5.74) is 0. The van der Waals surface area contributed by atoms with E-state index in [1.807, 2.05) is 0 Å². The Morgan fingerprint density at radius 2 is 2.26 bits per heavy atom. The van der Waals surface area contributed by atoms with Gasteiger partial charge in [0.25, 0.3) is 0 Å². The second-order valence-corrected chi connectivity index (χ2v) is 8.72. The molecule has 0 bridgehead atoms. The summed E-state index contributed by atoms with van der Waals surface area (Å²) in [5.74, 6) is 1.70. The van der Waals surface area contributed by atoms with E-state index in [0.29, 0.717) is 24.6 Å². The second kappa shape index (κ2) is 6.45. The van der Waals surface area contributed by atoms with Crippen molar-refractivity contribution in [3.63, 3.8) is 0 Å². The van der Waals surface area contributed by atoms with Gasteiger partial charge in [-0.05, 0) is 31.8 Å². The van der Waals surface area contributed by atoms with E-state index in [-0.39, 0.29) is 5.91 Å². The lowest BCUT2D eigenvalue weighted by Gasteiger charge is -2.35. The number of nitrogens with one attached hydrogen (secondary N) is 1. The predicted octanol–water partition coefficient (Wildman–Crippen LogP) is 0.322. The van der Waals surface area contributed by atoms with E-state index >= 15 is 0 Å². The molecule has 2 unspecified atom stereocenters. The second-order valence-electron chi connectivity index (χ2n) is 5.36. The molecule has 2 fully saturated rings. The molecule has 1 amide bonds. The summed E-state index contributed by atoms with van der Waals surface area (Å²) in [6.45, 7) is 2.45. The van der Waals surface area contributed by atoms with Crippen LogP contribution in [0.2, 0.25) is 0 Å². The van der Waals surface area contributed by atoms with Crippen molar-refractivity contribution < 1.29 is 13.2 Å². The minimum absolute atomic E-state index is 0.00410. The van der Waals surface area contributed by atoms with Crippen LogP contribution in [0.25, 0.3) is 0 Å². The van der Waals surface area contributed by atoms with E-state index in [2.05, 4.69) is 5.32 Å². The summed E-state index contributed by atoms with van der Waals surface area (Å²) in [4.78, 5) is 13.9. The zero-order valence-corrected chi connectivity index (χ0v) is 12.9. The normalized spacial score (nSPS) is 29.2. The van der Waals surface area contributed by atoms with E-state index in [0.717, 1.165) is 31.7 Å². The minimum Gasteiger partial charge on any atom is -0.324 e. The molecule has 2 aliphatic heterocycles. The van der Waals surface area contributed by atoms with Gasteiger partial charge in [-0.1, -0.05) is 0 Å². The molecule has 1 N–H and O–H groups in total. The van der Waals surface area contributed by atoms with Crippen molar-refractivity contribution in [2.24, 2.45) is 5.92 Å². The van der Waals surface area contributed by atoms with Crippen LogP contribution >= 0.6 is 11.8 Å². The number of amides is 1. The maximum atomic E-state index is 12.3. The Bertz CT molecular complexity index is 419. The molecule has 2 aliphatic rings. The number of piperidine rings is 1. The Labute approximate surface area is 119 Å². The molecule has 0 aromatic carbocycles. The number of carbonyl (C=O) groups excluding carboxylic acids is 1. The largest absolute Gasteiger partial charge is 0.324 e. The Hall–Kier alpha value is -0.270. The molecule has 110 valence electrons. The van der Waals surface area contributed by atoms with Gasteiger partial charge in [0, 0.05) is 30.7 Å². The molecule has 0 aromatic heterocycles. The first-order valence-electron chi connectivity index (χ1n) is 6.75. The third-order valence-corrected chi connectivity index (χ3v) is 6.40.